The molecule has 8 heteroatoms. The Hall–Kier alpha value is -2.77. The fraction of sp³-hybridized carbons (Fsp3) is 0.571. The number of hydrogen-bond acceptors (Lipinski definition) is 5. The molecule has 2 heterocycles. The molecule has 156 valence electrons. The van der Waals surface area contributed by atoms with Gasteiger partial charge in [0.05, 0.1) is 18.8 Å². The fourth-order valence-electron chi connectivity index (χ4n) is 4.57. The topological polar surface area (TPSA) is 82.2 Å². The van der Waals surface area contributed by atoms with Crippen molar-refractivity contribution >= 4 is 23.5 Å². The van der Waals surface area contributed by atoms with Crippen LogP contribution in [0.4, 0.5) is 10.5 Å². The van der Waals surface area contributed by atoms with Crippen molar-refractivity contribution in [2.75, 3.05) is 38.1 Å². The molecule has 1 N–H and O–H groups in total. The van der Waals surface area contributed by atoms with Crippen LogP contribution >= 0.6 is 0 Å². The highest BCUT2D eigenvalue weighted by molar-refractivity contribution is 6.09. The van der Waals surface area contributed by atoms with Gasteiger partial charge >= 0.3 is 6.03 Å². The van der Waals surface area contributed by atoms with Crippen molar-refractivity contribution in [3.63, 3.8) is 0 Å². The Morgan fingerprint density at radius 2 is 2.00 bits per heavy atom. The van der Waals surface area contributed by atoms with Gasteiger partial charge in [-0.2, -0.15) is 0 Å². The molecule has 0 bridgehead atoms. The zero-order valence-corrected chi connectivity index (χ0v) is 17.0. The highest BCUT2D eigenvalue weighted by Gasteiger charge is 2.52. The number of likely N-dealkylation sites (N-methyl/N-ethyl adjacent to an activating group) is 2. The summed E-state index contributed by atoms with van der Waals surface area (Å²) >= 11 is 0. The van der Waals surface area contributed by atoms with E-state index in [2.05, 4.69) is 17.1 Å². The number of carbonyl (C=O) groups is 3. The van der Waals surface area contributed by atoms with Gasteiger partial charge in [-0.15, -0.1) is 0 Å². The van der Waals surface area contributed by atoms with Crippen LogP contribution in [0.15, 0.2) is 24.3 Å². The highest BCUT2D eigenvalue weighted by Crippen LogP contribution is 2.35. The van der Waals surface area contributed by atoms with Crippen LogP contribution in [0.25, 0.3) is 0 Å². The average molecular weight is 400 g/mol. The maximum absolute atomic E-state index is 12.7. The van der Waals surface area contributed by atoms with Crippen LogP contribution in [0.1, 0.15) is 32.6 Å². The minimum atomic E-state index is -0.784. The molecular weight excluding hydrogens is 372 g/mol. The van der Waals surface area contributed by atoms with Gasteiger partial charge in [0.2, 0.25) is 5.91 Å². The molecule has 29 heavy (non-hydrogen) atoms. The number of imide groups is 1. The summed E-state index contributed by atoms with van der Waals surface area (Å²) in [5, 5.41) is 2.81. The first-order valence-electron chi connectivity index (χ1n) is 10.3. The Morgan fingerprint density at radius 1 is 1.28 bits per heavy atom. The van der Waals surface area contributed by atoms with E-state index in [1.807, 2.05) is 24.3 Å². The number of carbonyl (C=O) groups excluding carboxylic acids is 3. The van der Waals surface area contributed by atoms with E-state index < -0.39 is 11.6 Å². The molecule has 2 aliphatic heterocycles. The van der Waals surface area contributed by atoms with Crippen molar-refractivity contribution in [2.24, 2.45) is 0 Å². The molecule has 1 saturated heterocycles. The molecule has 4 rings (SSSR count). The normalized spacial score (nSPS) is 22.5. The molecule has 2 fully saturated rings. The first-order valence-corrected chi connectivity index (χ1v) is 10.3. The van der Waals surface area contributed by atoms with Gasteiger partial charge in [0.1, 0.15) is 23.9 Å². The molecule has 1 saturated carbocycles. The minimum Gasteiger partial charge on any atom is -0.485 e. The summed E-state index contributed by atoms with van der Waals surface area (Å²) in [6.07, 6.45) is 2.97. The Morgan fingerprint density at radius 3 is 2.72 bits per heavy atom. The molecular formula is C21H28N4O4. The number of urea groups is 1. The summed E-state index contributed by atoms with van der Waals surface area (Å²) in [6.45, 7) is 3.77. The van der Waals surface area contributed by atoms with E-state index in [4.69, 9.17) is 4.74 Å². The molecule has 4 amide bonds. The van der Waals surface area contributed by atoms with E-state index in [0.29, 0.717) is 25.9 Å². The molecule has 3 aliphatic rings. The van der Waals surface area contributed by atoms with Gasteiger partial charge in [-0.3, -0.25) is 14.5 Å². The van der Waals surface area contributed by atoms with Crippen molar-refractivity contribution in [2.45, 2.75) is 44.2 Å². The Labute approximate surface area is 170 Å². The Kier molecular flexibility index (Phi) is 5.10. The van der Waals surface area contributed by atoms with Gasteiger partial charge in [-0.25, -0.2) is 4.79 Å². The second kappa shape index (κ2) is 7.57. The van der Waals surface area contributed by atoms with Crippen LogP contribution in [-0.4, -0.2) is 72.5 Å². The molecule has 1 aromatic rings. The number of para-hydroxylation sites is 2. The van der Waals surface area contributed by atoms with Gasteiger partial charge in [-0.05, 0) is 31.9 Å². The predicted octanol–water partition coefficient (Wildman–Crippen LogP) is 1.60. The number of anilines is 1. The van der Waals surface area contributed by atoms with Crippen molar-refractivity contribution in [3.8, 4) is 5.75 Å². The quantitative estimate of drug-likeness (QED) is 0.759. The number of nitrogens with zero attached hydrogens (tertiary/aromatic N) is 3. The third kappa shape index (κ3) is 3.52. The summed E-state index contributed by atoms with van der Waals surface area (Å²) < 4.78 is 6.08. The van der Waals surface area contributed by atoms with Gasteiger partial charge in [0, 0.05) is 13.6 Å². The largest absolute Gasteiger partial charge is 0.485 e. The lowest BCUT2D eigenvalue weighted by atomic mass is 9.98. The number of nitrogens with one attached hydrogen (secondary N) is 1. The van der Waals surface area contributed by atoms with Gasteiger partial charge < -0.3 is 19.9 Å². The minimum absolute atomic E-state index is 0.178. The average Bonchev–Trinajstić information content (AvgIpc) is 3.27. The zero-order valence-electron chi connectivity index (χ0n) is 17.0. The first kappa shape index (κ1) is 19.5. The third-order valence-corrected chi connectivity index (χ3v) is 6.20. The van der Waals surface area contributed by atoms with Crippen molar-refractivity contribution in [1.82, 2.24) is 15.1 Å². The number of ether oxygens (including phenoxy) is 1. The summed E-state index contributed by atoms with van der Waals surface area (Å²) in [5.74, 6) is 0.277. The van der Waals surface area contributed by atoms with E-state index >= 15 is 0 Å². The zero-order chi connectivity index (χ0) is 20.6. The molecule has 1 unspecified atom stereocenters. The van der Waals surface area contributed by atoms with Crippen LogP contribution in [-0.2, 0) is 9.59 Å². The number of hydrogen-bond donors (Lipinski definition) is 1. The number of rotatable bonds is 5. The molecule has 8 nitrogen and oxygen atoms in total. The summed E-state index contributed by atoms with van der Waals surface area (Å²) in [4.78, 5) is 42.6. The maximum atomic E-state index is 12.7. The van der Waals surface area contributed by atoms with Gasteiger partial charge in [-0.1, -0.05) is 25.0 Å². The molecule has 0 radical (unpaired) electrons. The number of fused-ring (bicyclic) bond motifs is 1. The van der Waals surface area contributed by atoms with Crippen LogP contribution in [0, 0.1) is 0 Å². The Balaban J connectivity index is 1.38. The molecule has 1 aliphatic carbocycles. The fourth-order valence-corrected chi connectivity index (χ4v) is 4.57. The second-order valence-corrected chi connectivity index (χ2v) is 8.13. The smallest absolute Gasteiger partial charge is 0.325 e. The summed E-state index contributed by atoms with van der Waals surface area (Å²) in [5.41, 5.74) is 0.273. The standard InChI is InChI=1S/C21H28N4O4/c1-3-24-13-15(29-17-9-5-4-8-16(17)24)12-23(2)18(26)14-25-19(27)21(22-20(25)28)10-6-7-11-21/h4-5,8-9,15H,3,6-7,10-14H2,1-2H3,(H,22,28). The maximum Gasteiger partial charge on any atom is 0.325 e. The van der Waals surface area contributed by atoms with E-state index in [1.165, 1.54) is 0 Å². The van der Waals surface area contributed by atoms with Crippen molar-refractivity contribution < 1.29 is 19.1 Å². The molecule has 0 aromatic heterocycles. The van der Waals surface area contributed by atoms with E-state index in [-0.39, 0.29) is 24.5 Å². The van der Waals surface area contributed by atoms with Crippen molar-refractivity contribution in [3.05, 3.63) is 24.3 Å². The highest BCUT2D eigenvalue weighted by atomic mass is 16.5. The first-order chi connectivity index (χ1) is 13.9. The lowest BCUT2D eigenvalue weighted by Crippen LogP contribution is -2.49. The SMILES string of the molecule is CCN1CC(CN(C)C(=O)CN2C(=O)NC3(CCCC3)C2=O)Oc2ccccc21. The van der Waals surface area contributed by atoms with Crippen LogP contribution < -0.4 is 15.0 Å². The molecule has 1 spiro atoms. The number of benzene rings is 1. The van der Waals surface area contributed by atoms with Crippen LogP contribution in [0.2, 0.25) is 0 Å². The lowest BCUT2D eigenvalue weighted by molar-refractivity contribution is -0.138. The third-order valence-electron chi connectivity index (χ3n) is 6.20. The number of amides is 4. The monoisotopic (exact) mass is 400 g/mol. The summed E-state index contributed by atoms with van der Waals surface area (Å²) in [7, 11) is 1.69. The van der Waals surface area contributed by atoms with Gasteiger partial charge in [0.15, 0.2) is 0 Å². The van der Waals surface area contributed by atoms with E-state index in [9.17, 15) is 14.4 Å². The van der Waals surface area contributed by atoms with E-state index in [1.54, 1.807) is 11.9 Å². The Bertz CT molecular complexity index is 821. The van der Waals surface area contributed by atoms with Crippen LogP contribution in [0.5, 0.6) is 5.75 Å². The van der Waals surface area contributed by atoms with Gasteiger partial charge in [0.25, 0.3) is 5.91 Å². The molecule has 1 atom stereocenters. The lowest BCUT2D eigenvalue weighted by Gasteiger charge is -2.37. The van der Waals surface area contributed by atoms with Crippen LogP contribution in [0.3, 0.4) is 0 Å². The molecule has 1 aromatic carbocycles. The van der Waals surface area contributed by atoms with Crippen molar-refractivity contribution in [1.29, 1.82) is 0 Å². The second-order valence-electron chi connectivity index (χ2n) is 8.13. The summed E-state index contributed by atoms with van der Waals surface area (Å²) in [6, 6.07) is 7.41. The predicted molar refractivity (Wildman–Crippen MR) is 108 cm³/mol. The van der Waals surface area contributed by atoms with E-state index in [0.717, 1.165) is 35.7 Å².